The number of hydrogen-bond acceptors (Lipinski definition) is 4. The van der Waals surface area contributed by atoms with E-state index in [9.17, 15) is 8.78 Å². The molecule has 0 N–H and O–H groups in total. The normalized spacial score (nSPS) is 10.9. The van der Waals surface area contributed by atoms with Gasteiger partial charge in [-0.25, -0.2) is 13.8 Å². The van der Waals surface area contributed by atoms with Crippen molar-refractivity contribution in [2.45, 2.75) is 0 Å². The van der Waals surface area contributed by atoms with Crippen molar-refractivity contribution in [3.05, 3.63) is 42.1 Å². The minimum Gasteiger partial charge on any atom is -0.482 e. The average molecular weight is 291 g/mol. The number of ether oxygens (including phenoxy) is 2. The van der Waals surface area contributed by atoms with Crippen molar-refractivity contribution in [3.8, 4) is 23.0 Å². The molecule has 0 saturated carbocycles. The van der Waals surface area contributed by atoms with Crippen molar-refractivity contribution >= 4 is 5.78 Å². The molecule has 0 unspecified atom stereocenters. The highest BCUT2D eigenvalue weighted by molar-refractivity contribution is 5.62. The molecule has 0 fully saturated rings. The summed E-state index contributed by atoms with van der Waals surface area (Å²) in [6.45, 7) is 0. The molecular weight excluding hydrogens is 280 g/mol. The monoisotopic (exact) mass is 291 g/mol. The maximum absolute atomic E-state index is 13.3. The van der Waals surface area contributed by atoms with Gasteiger partial charge < -0.3 is 9.47 Å². The quantitative estimate of drug-likeness (QED) is 0.744. The highest BCUT2D eigenvalue weighted by atomic mass is 19.1. The summed E-state index contributed by atoms with van der Waals surface area (Å²) in [6, 6.07) is 4.80. The molecule has 0 aliphatic heterocycles. The van der Waals surface area contributed by atoms with Crippen molar-refractivity contribution in [2.75, 3.05) is 14.2 Å². The molecule has 5 nitrogen and oxygen atoms in total. The van der Waals surface area contributed by atoms with E-state index in [0.29, 0.717) is 28.8 Å². The molecule has 0 aliphatic rings. The van der Waals surface area contributed by atoms with Gasteiger partial charge in [-0.3, -0.25) is 4.40 Å². The van der Waals surface area contributed by atoms with Crippen LogP contribution in [0.3, 0.4) is 0 Å². The zero-order valence-electron chi connectivity index (χ0n) is 11.3. The van der Waals surface area contributed by atoms with Gasteiger partial charge in [0, 0.05) is 17.8 Å². The van der Waals surface area contributed by atoms with Crippen molar-refractivity contribution in [3.63, 3.8) is 0 Å². The van der Waals surface area contributed by atoms with Crippen LogP contribution in [0.25, 0.3) is 17.0 Å². The van der Waals surface area contributed by atoms with E-state index in [4.69, 9.17) is 9.47 Å². The van der Waals surface area contributed by atoms with Gasteiger partial charge in [0.15, 0.2) is 0 Å². The van der Waals surface area contributed by atoms with E-state index >= 15 is 0 Å². The molecule has 0 spiro atoms. The predicted molar refractivity (Wildman–Crippen MR) is 71.4 cm³/mol. The molecule has 0 radical (unpaired) electrons. The first-order valence-electron chi connectivity index (χ1n) is 6.05. The Hall–Kier alpha value is -2.70. The Kier molecular flexibility index (Phi) is 3.17. The van der Waals surface area contributed by atoms with Crippen LogP contribution >= 0.6 is 0 Å². The molecule has 3 rings (SSSR count). The second kappa shape index (κ2) is 5.01. The maximum Gasteiger partial charge on any atom is 0.240 e. The molecule has 0 saturated heterocycles. The smallest absolute Gasteiger partial charge is 0.240 e. The van der Waals surface area contributed by atoms with Crippen molar-refractivity contribution in [2.24, 2.45) is 0 Å². The number of nitrogens with zero attached hydrogens (tertiary/aromatic N) is 3. The second-order valence-corrected chi connectivity index (χ2v) is 4.30. The van der Waals surface area contributed by atoms with Gasteiger partial charge in [0.1, 0.15) is 11.6 Å². The summed E-state index contributed by atoms with van der Waals surface area (Å²) in [7, 11) is 2.97. The molecular formula is C14H11F2N3O2. The lowest BCUT2D eigenvalue weighted by Gasteiger charge is -2.04. The molecule has 0 atom stereocenters. The minimum absolute atomic E-state index is 0.311. The van der Waals surface area contributed by atoms with Crippen LogP contribution in [0.15, 0.2) is 30.5 Å². The van der Waals surface area contributed by atoms with Gasteiger partial charge in [0.25, 0.3) is 0 Å². The summed E-state index contributed by atoms with van der Waals surface area (Å²) in [6.07, 6.45) is 1.59. The third kappa shape index (κ3) is 2.37. The van der Waals surface area contributed by atoms with Crippen LogP contribution < -0.4 is 9.47 Å². The first-order valence-corrected chi connectivity index (χ1v) is 6.05. The Balaban J connectivity index is 2.20. The number of benzene rings is 1. The lowest BCUT2D eigenvalue weighted by molar-refractivity contribution is 0.369. The first-order chi connectivity index (χ1) is 10.1. The predicted octanol–water partition coefficient (Wildman–Crippen LogP) is 2.69. The Morgan fingerprint density at radius 1 is 0.952 bits per heavy atom. The number of hydrogen-bond donors (Lipinski definition) is 0. The molecule has 0 amide bonds. The van der Waals surface area contributed by atoms with Crippen LogP contribution in [0.4, 0.5) is 8.78 Å². The van der Waals surface area contributed by atoms with Gasteiger partial charge in [0.05, 0.1) is 26.0 Å². The molecule has 108 valence electrons. The lowest BCUT2D eigenvalue weighted by Crippen LogP contribution is -1.97. The van der Waals surface area contributed by atoms with Gasteiger partial charge >= 0.3 is 0 Å². The van der Waals surface area contributed by atoms with Crippen LogP contribution in [0.5, 0.6) is 11.8 Å². The lowest BCUT2D eigenvalue weighted by atomic mass is 10.1. The third-order valence-electron chi connectivity index (χ3n) is 2.96. The Morgan fingerprint density at radius 3 is 2.29 bits per heavy atom. The number of imidazole rings is 1. The molecule has 1 aromatic carbocycles. The Bertz CT molecular complexity index is 797. The number of aromatic nitrogens is 3. The standard InChI is InChI=1S/C14H11F2N3O2/c1-20-12-6-13(21-2)19-7-11(17-14(19)18-12)8-3-9(15)5-10(16)4-8/h3-7H,1-2H3. The summed E-state index contributed by atoms with van der Waals surface area (Å²) >= 11 is 0. The van der Waals surface area contributed by atoms with Crippen LogP contribution in [0, 0.1) is 11.6 Å². The van der Waals surface area contributed by atoms with Crippen molar-refractivity contribution in [1.82, 2.24) is 14.4 Å². The van der Waals surface area contributed by atoms with Gasteiger partial charge in [-0.15, -0.1) is 0 Å². The van der Waals surface area contributed by atoms with E-state index in [-0.39, 0.29) is 0 Å². The van der Waals surface area contributed by atoms with Gasteiger partial charge in [0.2, 0.25) is 17.5 Å². The molecule has 2 heterocycles. The average Bonchev–Trinajstić information content (AvgIpc) is 2.89. The molecule has 0 aliphatic carbocycles. The molecule has 2 aromatic heterocycles. The summed E-state index contributed by atoms with van der Waals surface area (Å²) in [5, 5.41) is 0. The summed E-state index contributed by atoms with van der Waals surface area (Å²) in [5.41, 5.74) is 0.700. The minimum atomic E-state index is -0.667. The fourth-order valence-corrected chi connectivity index (χ4v) is 2.02. The summed E-state index contributed by atoms with van der Waals surface area (Å²) < 4.78 is 38.4. The molecule has 21 heavy (non-hydrogen) atoms. The Morgan fingerprint density at radius 2 is 1.67 bits per heavy atom. The maximum atomic E-state index is 13.3. The number of methoxy groups -OCH3 is 2. The highest BCUT2D eigenvalue weighted by Crippen LogP contribution is 2.25. The second-order valence-electron chi connectivity index (χ2n) is 4.30. The van der Waals surface area contributed by atoms with Gasteiger partial charge in [-0.2, -0.15) is 4.98 Å². The van der Waals surface area contributed by atoms with E-state index in [1.807, 2.05) is 0 Å². The van der Waals surface area contributed by atoms with Crippen molar-refractivity contribution in [1.29, 1.82) is 0 Å². The van der Waals surface area contributed by atoms with Crippen LogP contribution in [0.1, 0.15) is 0 Å². The topological polar surface area (TPSA) is 48.7 Å². The summed E-state index contributed by atoms with van der Waals surface area (Å²) in [5.74, 6) is -0.237. The van der Waals surface area contributed by atoms with Crippen molar-refractivity contribution < 1.29 is 18.3 Å². The van der Waals surface area contributed by atoms with E-state index in [2.05, 4.69) is 9.97 Å². The summed E-state index contributed by atoms with van der Waals surface area (Å²) in [4.78, 5) is 8.40. The van der Waals surface area contributed by atoms with Gasteiger partial charge in [-0.1, -0.05) is 0 Å². The SMILES string of the molecule is COc1cc(OC)n2cc(-c3cc(F)cc(F)c3)nc2n1. The largest absolute Gasteiger partial charge is 0.482 e. The van der Waals surface area contributed by atoms with Gasteiger partial charge in [-0.05, 0) is 12.1 Å². The van der Waals surface area contributed by atoms with Crippen LogP contribution in [-0.4, -0.2) is 28.6 Å². The zero-order chi connectivity index (χ0) is 15.0. The molecule has 3 aromatic rings. The van der Waals surface area contributed by atoms with E-state index < -0.39 is 11.6 Å². The number of fused-ring (bicyclic) bond motifs is 1. The van der Waals surface area contributed by atoms with Crippen LogP contribution in [0.2, 0.25) is 0 Å². The van der Waals surface area contributed by atoms with E-state index in [0.717, 1.165) is 6.07 Å². The van der Waals surface area contributed by atoms with E-state index in [1.54, 1.807) is 16.7 Å². The molecule has 7 heteroatoms. The third-order valence-corrected chi connectivity index (χ3v) is 2.96. The first kappa shape index (κ1) is 13.3. The fourth-order valence-electron chi connectivity index (χ4n) is 2.02. The molecule has 0 bridgehead atoms. The van der Waals surface area contributed by atoms with Crippen LogP contribution in [-0.2, 0) is 0 Å². The zero-order valence-corrected chi connectivity index (χ0v) is 11.3. The fraction of sp³-hybridized carbons (Fsp3) is 0.143. The Labute approximate surface area is 118 Å². The number of halogens is 2. The highest BCUT2D eigenvalue weighted by Gasteiger charge is 2.12. The number of rotatable bonds is 3. The van der Waals surface area contributed by atoms with E-state index in [1.165, 1.54) is 26.4 Å².